The van der Waals surface area contributed by atoms with Crippen LogP contribution in [0.25, 0.3) is 0 Å². The second-order valence-corrected chi connectivity index (χ2v) is 10.3. The number of hydrogen-bond acceptors (Lipinski definition) is 4. The van der Waals surface area contributed by atoms with Gasteiger partial charge in [-0.2, -0.15) is 0 Å². The summed E-state index contributed by atoms with van der Waals surface area (Å²) >= 11 is 0. The van der Waals surface area contributed by atoms with E-state index in [-0.39, 0.29) is 30.0 Å². The van der Waals surface area contributed by atoms with E-state index in [0.29, 0.717) is 38.8 Å². The highest BCUT2D eigenvalue weighted by Crippen LogP contribution is 2.26. The van der Waals surface area contributed by atoms with Crippen molar-refractivity contribution >= 4 is 23.6 Å². The summed E-state index contributed by atoms with van der Waals surface area (Å²) in [6.07, 6.45) is 3.47. The van der Waals surface area contributed by atoms with Crippen LogP contribution in [0.3, 0.4) is 0 Å². The normalized spacial score (nSPS) is 26.9. The summed E-state index contributed by atoms with van der Waals surface area (Å²) in [5.41, 5.74) is 1.93. The van der Waals surface area contributed by atoms with Gasteiger partial charge in [-0.1, -0.05) is 60.7 Å². The van der Waals surface area contributed by atoms with Crippen LogP contribution in [0.5, 0.6) is 0 Å². The molecular formula is C29H34N4O4. The number of amides is 4. The van der Waals surface area contributed by atoms with E-state index in [9.17, 15) is 19.2 Å². The minimum atomic E-state index is -0.786. The summed E-state index contributed by atoms with van der Waals surface area (Å²) < 4.78 is 0. The van der Waals surface area contributed by atoms with E-state index in [1.807, 2.05) is 60.7 Å². The molecule has 8 nitrogen and oxygen atoms in total. The maximum atomic E-state index is 13.8. The predicted octanol–water partition coefficient (Wildman–Crippen LogP) is 1.83. The van der Waals surface area contributed by atoms with Gasteiger partial charge in [-0.3, -0.25) is 19.2 Å². The topological polar surface area (TPSA) is 98.8 Å². The summed E-state index contributed by atoms with van der Waals surface area (Å²) in [6, 6.07) is 16.9. The Bertz CT molecular complexity index is 1140. The second-order valence-electron chi connectivity index (χ2n) is 10.3. The Labute approximate surface area is 217 Å². The predicted molar refractivity (Wildman–Crippen MR) is 138 cm³/mol. The Hall–Kier alpha value is -3.68. The van der Waals surface area contributed by atoms with Gasteiger partial charge in [0.2, 0.25) is 23.6 Å². The number of benzene rings is 2. The van der Waals surface area contributed by atoms with Crippen molar-refractivity contribution in [3.8, 4) is 0 Å². The molecule has 37 heavy (non-hydrogen) atoms. The summed E-state index contributed by atoms with van der Waals surface area (Å²) in [5.74, 6) is -0.912. The van der Waals surface area contributed by atoms with Crippen LogP contribution in [0.4, 0.5) is 0 Å². The average molecular weight is 503 g/mol. The Balaban J connectivity index is 1.46. The first kappa shape index (κ1) is 25.0. The van der Waals surface area contributed by atoms with Crippen molar-refractivity contribution in [1.82, 2.24) is 20.4 Å². The van der Waals surface area contributed by atoms with E-state index in [1.165, 1.54) is 0 Å². The lowest BCUT2D eigenvalue weighted by Crippen LogP contribution is -2.56. The van der Waals surface area contributed by atoms with Gasteiger partial charge in [0.15, 0.2) is 0 Å². The van der Waals surface area contributed by atoms with E-state index < -0.39 is 24.2 Å². The van der Waals surface area contributed by atoms with Crippen molar-refractivity contribution in [2.75, 3.05) is 13.1 Å². The number of fused-ring (bicyclic) bond motifs is 2. The summed E-state index contributed by atoms with van der Waals surface area (Å²) in [4.78, 5) is 57.5. The fourth-order valence-corrected chi connectivity index (χ4v) is 5.88. The van der Waals surface area contributed by atoms with Crippen LogP contribution >= 0.6 is 0 Å². The highest BCUT2D eigenvalue weighted by molar-refractivity contribution is 5.95. The molecule has 0 bridgehead atoms. The zero-order chi connectivity index (χ0) is 25.8. The molecule has 4 amide bonds. The minimum absolute atomic E-state index is 0.0449. The maximum Gasteiger partial charge on any atom is 0.246 e. The molecule has 2 aromatic rings. The van der Waals surface area contributed by atoms with Crippen molar-refractivity contribution in [2.24, 2.45) is 0 Å². The van der Waals surface area contributed by atoms with Crippen molar-refractivity contribution in [2.45, 2.75) is 69.1 Å². The molecule has 3 heterocycles. The Morgan fingerprint density at radius 1 is 0.676 bits per heavy atom. The van der Waals surface area contributed by atoms with Gasteiger partial charge >= 0.3 is 0 Å². The van der Waals surface area contributed by atoms with E-state index in [0.717, 1.165) is 24.0 Å². The molecule has 2 aromatic carbocycles. The number of hydrogen-bond donors (Lipinski definition) is 2. The number of nitrogens with one attached hydrogen (secondary N) is 2. The fourth-order valence-electron chi connectivity index (χ4n) is 5.88. The van der Waals surface area contributed by atoms with Crippen molar-refractivity contribution in [3.05, 3.63) is 71.8 Å². The molecule has 1 unspecified atom stereocenters. The summed E-state index contributed by atoms with van der Waals surface area (Å²) in [5, 5.41) is 6.02. The molecule has 3 aliphatic heterocycles. The van der Waals surface area contributed by atoms with Gasteiger partial charge in [0.25, 0.3) is 0 Å². The van der Waals surface area contributed by atoms with Gasteiger partial charge in [-0.25, -0.2) is 0 Å². The lowest BCUT2D eigenvalue weighted by Gasteiger charge is -2.32. The summed E-state index contributed by atoms with van der Waals surface area (Å²) in [7, 11) is 0. The average Bonchev–Trinajstić information content (AvgIpc) is 3.59. The van der Waals surface area contributed by atoms with Crippen molar-refractivity contribution in [1.29, 1.82) is 0 Å². The number of carbonyl (C=O) groups excluding carboxylic acids is 4. The van der Waals surface area contributed by atoms with Gasteiger partial charge < -0.3 is 20.4 Å². The molecule has 3 fully saturated rings. The van der Waals surface area contributed by atoms with E-state index in [2.05, 4.69) is 10.6 Å². The third-order valence-corrected chi connectivity index (χ3v) is 7.68. The number of nitrogens with zero attached hydrogens (tertiary/aromatic N) is 2. The molecule has 0 saturated carbocycles. The van der Waals surface area contributed by atoms with Gasteiger partial charge in [-0.15, -0.1) is 0 Å². The zero-order valence-corrected chi connectivity index (χ0v) is 21.0. The van der Waals surface area contributed by atoms with Gasteiger partial charge in [0.05, 0.1) is 0 Å². The molecule has 0 spiro atoms. The van der Waals surface area contributed by atoms with Crippen LogP contribution in [0, 0.1) is 0 Å². The Morgan fingerprint density at radius 3 is 1.89 bits per heavy atom. The Morgan fingerprint density at radius 2 is 1.24 bits per heavy atom. The standard InChI is InChI=1S/C29H34N4O4/c34-26-19-22(17-20-9-3-1-4-10-20)30-27(35)24-13-7-15-32(24)29(37)25-14-8-16-33(25)28(36)23(31-26)18-21-11-5-2-6-12-21/h1-6,9-12,22-25H,7-8,13-19H2,(H,30,35)(H,31,34)/t22?,23-,24-,25-/m0/s1. The molecule has 5 rings (SSSR count). The first-order chi connectivity index (χ1) is 18.0. The lowest BCUT2D eigenvalue weighted by atomic mass is 10.0. The van der Waals surface area contributed by atoms with E-state index in [1.54, 1.807) is 9.80 Å². The molecule has 0 aromatic heterocycles. The highest BCUT2D eigenvalue weighted by atomic mass is 16.2. The van der Waals surface area contributed by atoms with Crippen LogP contribution < -0.4 is 10.6 Å². The van der Waals surface area contributed by atoms with Gasteiger partial charge in [-0.05, 0) is 43.2 Å². The fraction of sp³-hybridized carbons (Fsp3) is 0.448. The van der Waals surface area contributed by atoms with Gasteiger partial charge in [0.1, 0.15) is 18.1 Å². The molecule has 0 aliphatic carbocycles. The van der Waals surface area contributed by atoms with Crippen molar-refractivity contribution < 1.29 is 19.2 Å². The van der Waals surface area contributed by atoms with E-state index in [4.69, 9.17) is 0 Å². The van der Waals surface area contributed by atoms with Gasteiger partial charge in [0, 0.05) is 32.0 Å². The summed E-state index contributed by atoms with van der Waals surface area (Å²) in [6.45, 7) is 0.973. The highest BCUT2D eigenvalue weighted by Gasteiger charge is 2.44. The molecule has 4 atom stereocenters. The molecule has 2 N–H and O–H groups in total. The largest absolute Gasteiger partial charge is 0.351 e. The third-order valence-electron chi connectivity index (χ3n) is 7.68. The quantitative estimate of drug-likeness (QED) is 0.667. The zero-order valence-electron chi connectivity index (χ0n) is 21.0. The molecule has 0 radical (unpaired) electrons. The maximum absolute atomic E-state index is 13.8. The third kappa shape index (κ3) is 5.68. The van der Waals surface area contributed by atoms with Crippen LogP contribution in [0.2, 0.25) is 0 Å². The van der Waals surface area contributed by atoms with Crippen LogP contribution in [-0.4, -0.2) is 70.7 Å². The number of carbonyl (C=O) groups is 4. The first-order valence-corrected chi connectivity index (χ1v) is 13.3. The molecule has 8 heteroatoms. The van der Waals surface area contributed by atoms with Crippen LogP contribution in [-0.2, 0) is 32.0 Å². The van der Waals surface area contributed by atoms with E-state index >= 15 is 0 Å². The van der Waals surface area contributed by atoms with Crippen LogP contribution in [0.1, 0.15) is 43.2 Å². The smallest absolute Gasteiger partial charge is 0.246 e. The molecule has 194 valence electrons. The number of rotatable bonds is 4. The molecular weight excluding hydrogens is 468 g/mol. The molecule has 3 saturated heterocycles. The lowest BCUT2D eigenvalue weighted by molar-refractivity contribution is -0.147. The van der Waals surface area contributed by atoms with Crippen LogP contribution in [0.15, 0.2) is 60.7 Å². The monoisotopic (exact) mass is 502 g/mol. The second kappa shape index (κ2) is 11.2. The molecule has 3 aliphatic rings. The Kier molecular flexibility index (Phi) is 7.53. The minimum Gasteiger partial charge on any atom is -0.351 e. The first-order valence-electron chi connectivity index (χ1n) is 13.3. The SMILES string of the molecule is O=C1CC(Cc2ccccc2)NC(=O)[C@@H]2CCCN2C(=O)[C@@H]2CCCN2C(=O)[C@H](Cc2ccccc2)N1. The van der Waals surface area contributed by atoms with Crippen molar-refractivity contribution in [3.63, 3.8) is 0 Å².